The molecule has 3 aromatic carbocycles. The zero-order valence-electron chi connectivity index (χ0n) is 20.1. The Labute approximate surface area is 224 Å². The van der Waals surface area contributed by atoms with Crippen LogP contribution < -0.4 is 5.73 Å². The molecule has 37 heavy (non-hydrogen) atoms. The van der Waals surface area contributed by atoms with Gasteiger partial charge in [-0.15, -0.1) is 0 Å². The van der Waals surface area contributed by atoms with Crippen molar-refractivity contribution in [1.82, 2.24) is 9.55 Å². The van der Waals surface area contributed by atoms with Gasteiger partial charge in [0, 0.05) is 29.9 Å². The number of benzene rings is 3. The molecule has 0 spiro atoms. The minimum Gasteiger partial charge on any atom is -0.366 e. The number of carbonyl (C=O) groups excluding carboxylic acids is 1. The third-order valence-electron chi connectivity index (χ3n) is 7.41. The molecular formula is C29H25Cl2F2N3O. The minimum atomic E-state index is -0.826. The van der Waals surface area contributed by atoms with Gasteiger partial charge in [0.1, 0.15) is 17.5 Å². The Morgan fingerprint density at radius 1 is 1.08 bits per heavy atom. The molecule has 2 unspecified atom stereocenters. The van der Waals surface area contributed by atoms with Crippen LogP contribution >= 0.6 is 23.2 Å². The van der Waals surface area contributed by atoms with Gasteiger partial charge in [-0.25, -0.2) is 13.8 Å². The number of nitrogens with zero attached hydrogens (tertiary/aromatic N) is 2. The number of hydrogen-bond donors (Lipinski definition) is 1. The molecule has 5 rings (SSSR count). The van der Waals surface area contributed by atoms with E-state index in [1.165, 1.54) is 12.1 Å². The smallest absolute Gasteiger partial charge is 0.249 e. The second kappa shape index (κ2) is 9.92. The highest BCUT2D eigenvalue weighted by Crippen LogP contribution is 2.51. The van der Waals surface area contributed by atoms with E-state index >= 15 is 4.39 Å². The van der Waals surface area contributed by atoms with Crippen molar-refractivity contribution in [1.29, 1.82) is 0 Å². The Bertz CT molecular complexity index is 1500. The van der Waals surface area contributed by atoms with Crippen LogP contribution in [0.5, 0.6) is 0 Å². The molecule has 1 aliphatic rings. The Morgan fingerprint density at radius 2 is 1.86 bits per heavy atom. The lowest BCUT2D eigenvalue weighted by Gasteiger charge is -2.41. The van der Waals surface area contributed by atoms with Crippen molar-refractivity contribution >= 4 is 29.1 Å². The summed E-state index contributed by atoms with van der Waals surface area (Å²) < 4.78 is 31.5. The van der Waals surface area contributed by atoms with Gasteiger partial charge in [0.15, 0.2) is 0 Å². The predicted octanol–water partition coefficient (Wildman–Crippen LogP) is 7.41. The summed E-state index contributed by atoms with van der Waals surface area (Å²) in [5.74, 6) is -0.868. The summed E-state index contributed by atoms with van der Waals surface area (Å²) in [7, 11) is 1.86. The van der Waals surface area contributed by atoms with Gasteiger partial charge in [-0.2, -0.15) is 0 Å². The molecule has 1 aliphatic carbocycles. The normalized spacial score (nSPS) is 19.6. The average molecular weight is 540 g/mol. The lowest BCUT2D eigenvalue weighted by Crippen LogP contribution is -2.37. The fourth-order valence-corrected chi connectivity index (χ4v) is 6.09. The van der Waals surface area contributed by atoms with Crippen LogP contribution in [0.3, 0.4) is 0 Å². The molecule has 1 heterocycles. The lowest BCUT2D eigenvalue weighted by atomic mass is 9.63. The summed E-state index contributed by atoms with van der Waals surface area (Å²) in [5, 5.41) is 0.0993. The maximum absolute atomic E-state index is 15.7. The Kier molecular flexibility index (Phi) is 6.82. The van der Waals surface area contributed by atoms with Crippen molar-refractivity contribution in [2.75, 3.05) is 0 Å². The first-order chi connectivity index (χ1) is 17.7. The third-order valence-corrected chi connectivity index (χ3v) is 7.99. The summed E-state index contributed by atoms with van der Waals surface area (Å²) in [6.07, 6.45) is 4.62. The summed E-state index contributed by atoms with van der Waals surface area (Å²) >= 11 is 12.4. The average Bonchev–Trinajstić information content (AvgIpc) is 3.29. The Morgan fingerprint density at radius 3 is 2.62 bits per heavy atom. The number of carbonyl (C=O) groups is 1. The molecule has 1 fully saturated rings. The monoisotopic (exact) mass is 539 g/mol. The first-order valence-corrected chi connectivity index (χ1v) is 12.8. The maximum atomic E-state index is 15.7. The van der Waals surface area contributed by atoms with Crippen LogP contribution in [0.2, 0.25) is 10.0 Å². The van der Waals surface area contributed by atoms with Gasteiger partial charge in [-0.1, -0.05) is 66.0 Å². The zero-order valence-corrected chi connectivity index (χ0v) is 21.7. The van der Waals surface area contributed by atoms with Crippen molar-refractivity contribution in [3.63, 3.8) is 0 Å². The summed E-state index contributed by atoms with van der Waals surface area (Å²) in [4.78, 5) is 17.1. The van der Waals surface area contributed by atoms with Crippen molar-refractivity contribution in [3.05, 3.63) is 111 Å². The van der Waals surface area contributed by atoms with Crippen molar-refractivity contribution in [2.24, 2.45) is 12.8 Å². The number of primary amides is 1. The third kappa shape index (κ3) is 4.53. The highest BCUT2D eigenvalue weighted by molar-refractivity contribution is 6.31. The summed E-state index contributed by atoms with van der Waals surface area (Å²) in [6, 6.07) is 16.8. The molecular weight excluding hydrogens is 515 g/mol. The van der Waals surface area contributed by atoms with E-state index in [4.69, 9.17) is 33.9 Å². The van der Waals surface area contributed by atoms with Gasteiger partial charge in [0.25, 0.3) is 0 Å². The van der Waals surface area contributed by atoms with E-state index in [-0.39, 0.29) is 16.0 Å². The number of rotatable bonds is 5. The van der Waals surface area contributed by atoms with Crippen molar-refractivity contribution in [2.45, 2.75) is 37.0 Å². The molecule has 2 atom stereocenters. The number of imidazole rings is 1. The Balaban J connectivity index is 1.69. The standard InChI is InChI=1S/C29H25Cl2F2N3O/c1-36-16-25(19-7-2-3-8-20(19)27(34)37)35-28(36)29(21-9-4-10-22(30)26(21)33)13-5-6-18(15-29)17-11-12-24(32)23(31)14-17/h2-4,7-12,14,16,18H,5-6,13,15H2,1H3,(H2,34,37). The van der Waals surface area contributed by atoms with Gasteiger partial charge in [0.2, 0.25) is 5.91 Å². The number of halogens is 4. The molecule has 4 nitrogen and oxygen atoms in total. The van der Waals surface area contributed by atoms with E-state index < -0.39 is 23.0 Å². The molecule has 1 saturated carbocycles. The van der Waals surface area contributed by atoms with Gasteiger partial charge >= 0.3 is 0 Å². The number of amides is 1. The SMILES string of the molecule is Cn1cc(-c2ccccc2C(N)=O)nc1C1(c2cccc(Cl)c2F)CCCC(c2ccc(F)c(Cl)c2)C1. The molecule has 0 aliphatic heterocycles. The molecule has 4 aromatic rings. The van der Waals surface area contributed by atoms with Gasteiger partial charge in [-0.3, -0.25) is 4.79 Å². The number of nitrogens with two attached hydrogens (primary N) is 1. The molecule has 1 aromatic heterocycles. The second-order valence-electron chi connectivity index (χ2n) is 9.62. The van der Waals surface area contributed by atoms with Crippen LogP contribution in [0, 0.1) is 11.6 Å². The van der Waals surface area contributed by atoms with E-state index in [2.05, 4.69) is 0 Å². The molecule has 0 bridgehead atoms. The maximum Gasteiger partial charge on any atom is 0.249 e. The van der Waals surface area contributed by atoms with E-state index in [1.54, 1.807) is 42.5 Å². The van der Waals surface area contributed by atoms with Crippen molar-refractivity contribution in [3.8, 4) is 11.3 Å². The predicted molar refractivity (Wildman–Crippen MR) is 142 cm³/mol. The largest absolute Gasteiger partial charge is 0.366 e. The summed E-state index contributed by atoms with van der Waals surface area (Å²) in [5.41, 5.74) is 7.69. The molecule has 1 amide bonds. The Hall–Kier alpha value is -3.22. The first kappa shape index (κ1) is 25.4. The van der Waals surface area contributed by atoms with Crippen LogP contribution in [-0.2, 0) is 12.5 Å². The van der Waals surface area contributed by atoms with E-state index in [9.17, 15) is 9.18 Å². The van der Waals surface area contributed by atoms with Crippen molar-refractivity contribution < 1.29 is 13.6 Å². The van der Waals surface area contributed by atoms with E-state index in [1.807, 2.05) is 23.9 Å². The number of hydrogen-bond acceptors (Lipinski definition) is 2. The number of aryl methyl sites for hydroxylation is 1. The van der Waals surface area contributed by atoms with Gasteiger partial charge < -0.3 is 10.3 Å². The molecule has 2 N–H and O–H groups in total. The van der Waals surface area contributed by atoms with E-state index in [0.717, 1.165) is 18.4 Å². The van der Waals surface area contributed by atoms with Gasteiger partial charge in [0.05, 0.1) is 21.2 Å². The first-order valence-electron chi connectivity index (χ1n) is 12.0. The highest BCUT2D eigenvalue weighted by atomic mass is 35.5. The number of aromatic nitrogens is 2. The summed E-state index contributed by atoms with van der Waals surface area (Å²) in [6.45, 7) is 0. The van der Waals surface area contributed by atoms with Crippen LogP contribution in [0.4, 0.5) is 8.78 Å². The van der Waals surface area contributed by atoms with Crippen LogP contribution in [0.25, 0.3) is 11.3 Å². The quantitative estimate of drug-likeness (QED) is 0.287. The van der Waals surface area contributed by atoms with Crippen LogP contribution in [0.15, 0.2) is 66.9 Å². The molecule has 8 heteroatoms. The fraction of sp³-hybridized carbons (Fsp3) is 0.241. The fourth-order valence-electron chi connectivity index (χ4n) is 5.73. The second-order valence-corrected chi connectivity index (χ2v) is 10.4. The zero-order chi connectivity index (χ0) is 26.3. The lowest BCUT2D eigenvalue weighted by molar-refractivity contribution is 0.100. The van der Waals surface area contributed by atoms with E-state index in [0.29, 0.717) is 41.1 Å². The van der Waals surface area contributed by atoms with Crippen LogP contribution in [-0.4, -0.2) is 15.5 Å². The topological polar surface area (TPSA) is 60.9 Å². The minimum absolute atomic E-state index is 0.0108. The van der Waals surface area contributed by atoms with Crippen LogP contribution in [0.1, 0.15) is 58.9 Å². The molecule has 0 saturated heterocycles. The molecule has 190 valence electrons. The molecule has 0 radical (unpaired) electrons. The highest BCUT2D eigenvalue weighted by Gasteiger charge is 2.45. The van der Waals surface area contributed by atoms with Gasteiger partial charge in [-0.05, 0) is 55.0 Å².